The molecule has 0 radical (unpaired) electrons. The Morgan fingerprint density at radius 1 is 1.24 bits per heavy atom. The molecule has 0 bridgehead atoms. The van der Waals surface area contributed by atoms with Gasteiger partial charge in [-0.15, -0.1) is 0 Å². The fourth-order valence-corrected chi connectivity index (χ4v) is 2.24. The molecule has 6 heteroatoms. The highest BCUT2D eigenvalue weighted by atomic mass is 79.9. The number of carbonyl (C=O) groups excluding carboxylic acids is 1. The van der Waals surface area contributed by atoms with Crippen LogP contribution in [0.2, 0.25) is 0 Å². The standard InChI is InChI=1S/C15H14BrN3O2/c16-11-3-1-10(2-4-11)13-7-8-15(21)19(18-13)9-14(20)17-12-5-6-12/h1-4,7-8,12H,5-6,9H2,(H,17,20). The van der Waals surface area contributed by atoms with Crippen LogP contribution >= 0.6 is 15.9 Å². The predicted molar refractivity (Wildman–Crippen MR) is 82.8 cm³/mol. The highest BCUT2D eigenvalue weighted by molar-refractivity contribution is 9.10. The maximum atomic E-state index is 11.8. The minimum atomic E-state index is -0.276. The summed E-state index contributed by atoms with van der Waals surface area (Å²) in [6, 6.07) is 11.0. The number of aromatic nitrogens is 2. The first kappa shape index (κ1) is 14.0. The number of carbonyl (C=O) groups is 1. The Labute approximate surface area is 130 Å². The molecule has 1 fully saturated rings. The molecule has 1 amide bonds. The average molecular weight is 348 g/mol. The molecular weight excluding hydrogens is 334 g/mol. The van der Waals surface area contributed by atoms with E-state index in [1.54, 1.807) is 6.07 Å². The van der Waals surface area contributed by atoms with E-state index >= 15 is 0 Å². The molecule has 1 aromatic carbocycles. The molecule has 1 heterocycles. The van der Waals surface area contributed by atoms with E-state index in [1.165, 1.54) is 10.7 Å². The SMILES string of the molecule is O=C(Cn1nc(-c2ccc(Br)cc2)ccc1=O)NC1CC1. The number of halogens is 1. The second kappa shape index (κ2) is 5.81. The third-order valence-corrected chi connectivity index (χ3v) is 3.77. The Balaban J connectivity index is 1.83. The van der Waals surface area contributed by atoms with Crippen molar-refractivity contribution in [3.05, 3.63) is 51.2 Å². The van der Waals surface area contributed by atoms with E-state index in [0.29, 0.717) is 5.69 Å². The minimum absolute atomic E-state index is 0.0420. The lowest BCUT2D eigenvalue weighted by molar-refractivity contribution is -0.122. The smallest absolute Gasteiger partial charge is 0.267 e. The van der Waals surface area contributed by atoms with Crippen LogP contribution in [0.3, 0.4) is 0 Å². The summed E-state index contributed by atoms with van der Waals surface area (Å²) >= 11 is 3.38. The molecule has 21 heavy (non-hydrogen) atoms. The molecule has 0 aliphatic heterocycles. The highest BCUT2D eigenvalue weighted by Gasteiger charge is 2.23. The number of amides is 1. The Kier molecular flexibility index (Phi) is 3.88. The summed E-state index contributed by atoms with van der Waals surface area (Å²) in [5.74, 6) is -0.167. The molecular formula is C15H14BrN3O2. The van der Waals surface area contributed by atoms with E-state index in [9.17, 15) is 9.59 Å². The van der Waals surface area contributed by atoms with Gasteiger partial charge < -0.3 is 5.32 Å². The highest BCUT2D eigenvalue weighted by Crippen LogP contribution is 2.19. The zero-order valence-corrected chi connectivity index (χ0v) is 12.8. The second-order valence-electron chi connectivity index (χ2n) is 5.06. The summed E-state index contributed by atoms with van der Waals surface area (Å²) in [5.41, 5.74) is 1.29. The Morgan fingerprint density at radius 2 is 1.95 bits per heavy atom. The molecule has 1 aliphatic rings. The molecule has 0 unspecified atom stereocenters. The van der Waals surface area contributed by atoms with E-state index in [-0.39, 0.29) is 24.1 Å². The maximum absolute atomic E-state index is 11.8. The van der Waals surface area contributed by atoms with Gasteiger partial charge in [-0.1, -0.05) is 28.1 Å². The van der Waals surface area contributed by atoms with Gasteiger partial charge in [0.2, 0.25) is 5.91 Å². The maximum Gasteiger partial charge on any atom is 0.267 e. The van der Waals surface area contributed by atoms with Crippen LogP contribution in [0.25, 0.3) is 11.3 Å². The van der Waals surface area contributed by atoms with Crippen molar-refractivity contribution >= 4 is 21.8 Å². The van der Waals surface area contributed by atoms with Crippen molar-refractivity contribution in [1.82, 2.24) is 15.1 Å². The second-order valence-corrected chi connectivity index (χ2v) is 5.98. The van der Waals surface area contributed by atoms with Gasteiger partial charge in [-0.2, -0.15) is 5.10 Å². The molecule has 3 rings (SSSR count). The predicted octanol–water partition coefficient (Wildman–Crippen LogP) is 1.95. The van der Waals surface area contributed by atoms with E-state index < -0.39 is 0 Å². The number of nitrogens with zero attached hydrogens (tertiary/aromatic N) is 2. The lowest BCUT2D eigenvalue weighted by Crippen LogP contribution is -2.34. The van der Waals surface area contributed by atoms with Crippen molar-refractivity contribution in [2.75, 3.05) is 0 Å². The Morgan fingerprint density at radius 3 is 2.62 bits per heavy atom. The summed E-state index contributed by atoms with van der Waals surface area (Å²) in [7, 11) is 0. The summed E-state index contributed by atoms with van der Waals surface area (Å²) in [6.45, 7) is -0.0420. The van der Waals surface area contributed by atoms with Crippen molar-refractivity contribution < 1.29 is 4.79 Å². The fraction of sp³-hybridized carbons (Fsp3) is 0.267. The van der Waals surface area contributed by atoms with Crippen LogP contribution in [0.15, 0.2) is 45.7 Å². The Hall–Kier alpha value is -1.95. The molecule has 108 valence electrons. The number of hydrogen-bond donors (Lipinski definition) is 1. The first-order chi connectivity index (χ1) is 10.1. The molecule has 0 spiro atoms. The third kappa shape index (κ3) is 3.58. The normalized spacial score (nSPS) is 14.0. The number of hydrogen-bond acceptors (Lipinski definition) is 3. The van der Waals surface area contributed by atoms with Crippen molar-refractivity contribution in [2.24, 2.45) is 0 Å². The molecule has 1 N–H and O–H groups in total. The van der Waals surface area contributed by atoms with Gasteiger partial charge in [0, 0.05) is 22.1 Å². The van der Waals surface area contributed by atoms with E-state index in [2.05, 4.69) is 26.3 Å². The first-order valence-corrected chi connectivity index (χ1v) is 7.54. The summed E-state index contributed by atoms with van der Waals surface area (Å²) in [4.78, 5) is 23.6. The molecule has 1 saturated carbocycles. The molecule has 0 atom stereocenters. The topological polar surface area (TPSA) is 64.0 Å². The van der Waals surface area contributed by atoms with Crippen LogP contribution in [0.5, 0.6) is 0 Å². The summed E-state index contributed by atoms with van der Waals surface area (Å²) in [6.07, 6.45) is 2.04. The zero-order chi connectivity index (χ0) is 14.8. The van der Waals surface area contributed by atoms with E-state index in [1.807, 2.05) is 24.3 Å². The van der Waals surface area contributed by atoms with Gasteiger partial charge in [0.1, 0.15) is 6.54 Å². The largest absolute Gasteiger partial charge is 0.352 e. The van der Waals surface area contributed by atoms with Crippen molar-refractivity contribution in [1.29, 1.82) is 0 Å². The van der Waals surface area contributed by atoms with Crippen molar-refractivity contribution in [3.8, 4) is 11.3 Å². The van der Waals surface area contributed by atoms with Crippen LogP contribution in [0.1, 0.15) is 12.8 Å². The van der Waals surface area contributed by atoms with E-state index in [4.69, 9.17) is 0 Å². The molecule has 1 aromatic heterocycles. The number of rotatable bonds is 4. The quantitative estimate of drug-likeness (QED) is 0.919. The van der Waals surface area contributed by atoms with Gasteiger partial charge in [-0.05, 0) is 31.0 Å². The van der Waals surface area contributed by atoms with Crippen LogP contribution in [-0.2, 0) is 11.3 Å². The van der Waals surface area contributed by atoms with Gasteiger partial charge in [0.15, 0.2) is 0 Å². The van der Waals surface area contributed by atoms with Gasteiger partial charge >= 0.3 is 0 Å². The summed E-state index contributed by atoms with van der Waals surface area (Å²) in [5, 5.41) is 7.12. The Bertz CT molecular complexity index is 720. The van der Waals surface area contributed by atoms with Crippen LogP contribution in [-0.4, -0.2) is 21.7 Å². The van der Waals surface area contributed by atoms with Gasteiger partial charge in [0.05, 0.1) is 5.69 Å². The van der Waals surface area contributed by atoms with Crippen LogP contribution in [0.4, 0.5) is 0 Å². The minimum Gasteiger partial charge on any atom is -0.352 e. The van der Waals surface area contributed by atoms with Gasteiger partial charge in [0.25, 0.3) is 5.56 Å². The number of benzene rings is 1. The van der Waals surface area contributed by atoms with Gasteiger partial charge in [-0.25, -0.2) is 4.68 Å². The summed E-state index contributed by atoms with van der Waals surface area (Å²) < 4.78 is 2.18. The third-order valence-electron chi connectivity index (χ3n) is 3.24. The van der Waals surface area contributed by atoms with E-state index in [0.717, 1.165) is 22.9 Å². The van der Waals surface area contributed by atoms with Crippen molar-refractivity contribution in [3.63, 3.8) is 0 Å². The van der Waals surface area contributed by atoms with Crippen LogP contribution < -0.4 is 10.9 Å². The lowest BCUT2D eigenvalue weighted by atomic mass is 10.1. The first-order valence-electron chi connectivity index (χ1n) is 6.75. The molecule has 1 aliphatic carbocycles. The van der Waals surface area contributed by atoms with Crippen LogP contribution in [0, 0.1) is 0 Å². The molecule has 2 aromatic rings. The molecule has 5 nitrogen and oxygen atoms in total. The lowest BCUT2D eigenvalue weighted by Gasteiger charge is -2.07. The average Bonchev–Trinajstić information content (AvgIpc) is 3.26. The fourth-order valence-electron chi connectivity index (χ4n) is 1.97. The monoisotopic (exact) mass is 347 g/mol. The van der Waals surface area contributed by atoms with Gasteiger partial charge in [-0.3, -0.25) is 9.59 Å². The number of nitrogens with one attached hydrogen (secondary N) is 1. The zero-order valence-electron chi connectivity index (χ0n) is 11.3. The molecule has 0 saturated heterocycles. The van der Waals surface area contributed by atoms with Crippen molar-refractivity contribution in [2.45, 2.75) is 25.4 Å².